The van der Waals surface area contributed by atoms with Gasteiger partial charge in [-0.25, -0.2) is 0 Å². The van der Waals surface area contributed by atoms with Crippen LogP contribution in [0.2, 0.25) is 0 Å². The number of methoxy groups -OCH3 is 1. The van der Waals surface area contributed by atoms with Crippen molar-refractivity contribution in [1.82, 2.24) is 10.2 Å². The molecule has 1 heterocycles. The Bertz CT molecular complexity index is 275. The Hall–Kier alpha value is -0.820. The number of rotatable bonds is 4. The average Bonchev–Trinajstić information content (AvgIpc) is 2.74. The zero-order valence-electron chi connectivity index (χ0n) is 9.93. The Morgan fingerprint density at radius 3 is 2.59 bits per heavy atom. The molecule has 1 N–H and O–H groups in total. The number of nitrogens with one attached hydrogen (secondary N) is 1. The van der Waals surface area contributed by atoms with Gasteiger partial charge in [-0.2, -0.15) is 13.2 Å². The molecule has 1 aliphatic rings. The zero-order chi connectivity index (χ0) is 13.1. The standard InChI is InChI=1S/C10H17F3N2O2/c1-15(5-6-17-2)8(16)9(10(11,12)13)3-4-14-7-9/h14H,3-7H2,1-2H3. The number of nitrogens with zero attached hydrogens (tertiary/aromatic N) is 1. The molecule has 1 rings (SSSR count). The summed E-state index contributed by atoms with van der Waals surface area (Å²) >= 11 is 0. The van der Waals surface area contributed by atoms with Crippen LogP contribution in [-0.4, -0.2) is 57.4 Å². The van der Waals surface area contributed by atoms with Gasteiger partial charge in [-0.15, -0.1) is 0 Å². The third kappa shape index (κ3) is 2.71. The first kappa shape index (κ1) is 14.2. The first-order chi connectivity index (χ1) is 7.85. The SMILES string of the molecule is COCCN(C)C(=O)C1(C(F)(F)F)CCNC1. The number of likely N-dealkylation sites (N-methyl/N-ethyl adjacent to an activating group) is 1. The molecule has 0 saturated carbocycles. The maximum atomic E-state index is 13.0. The molecule has 1 unspecified atom stereocenters. The van der Waals surface area contributed by atoms with E-state index < -0.39 is 17.5 Å². The molecule has 0 aliphatic carbocycles. The van der Waals surface area contributed by atoms with E-state index in [0.717, 1.165) is 4.90 Å². The van der Waals surface area contributed by atoms with E-state index in [1.54, 1.807) is 0 Å². The third-order valence-electron chi connectivity index (χ3n) is 3.08. The number of carbonyl (C=O) groups is 1. The number of halogens is 3. The van der Waals surface area contributed by atoms with E-state index in [0.29, 0.717) is 0 Å². The molecule has 0 spiro atoms. The van der Waals surface area contributed by atoms with Crippen LogP contribution in [0, 0.1) is 5.41 Å². The molecular weight excluding hydrogens is 237 g/mol. The largest absolute Gasteiger partial charge is 0.404 e. The summed E-state index contributed by atoms with van der Waals surface area (Å²) in [7, 11) is 2.81. The smallest absolute Gasteiger partial charge is 0.383 e. The summed E-state index contributed by atoms with van der Waals surface area (Å²) in [5, 5.41) is 2.61. The molecule has 17 heavy (non-hydrogen) atoms. The van der Waals surface area contributed by atoms with Crippen LogP contribution in [0.25, 0.3) is 0 Å². The van der Waals surface area contributed by atoms with Crippen LogP contribution >= 0.6 is 0 Å². The van der Waals surface area contributed by atoms with Gasteiger partial charge in [-0.05, 0) is 13.0 Å². The van der Waals surface area contributed by atoms with Crippen LogP contribution in [0.15, 0.2) is 0 Å². The van der Waals surface area contributed by atoms with Crippen LogP contribution in [0.5, 0.6) is 0 Å². The summed E-state index contributed by atoms with van der Waals surface area (Å²) in [6.07, 6.45) is -4.72. The van der Waals surface area contributed by atoms with Crippen LogP contribution in [0.3, 0.4) is 0 Å². The van der Waals surface area contributed by atoms with Gasteiger partial charge >= 0.3 is 6.18 Å². The Balaban J connectivity index is 2.81. The number of alkyl halides is 3. The molecule has 1 saturated heterocycles. The summed E-state index contributed by atoms with van der Waals surface area (Å²) in [5.74, 6) is -0.882. The maximum Gasteiger partial charge on any atom is 0.404 e. The van der Waals surface area contributed by atoms with Crippen LogP contribution < -0.4 is 5.32 Å². The lowest BCUT2D eigenvalue weighted by Crippen LogP contribution is -2.53. The molecule has 4 nitrogen and oxygen atoms in total. The fourth-order valence-electron chi connectivity index (χ4n) is 1.93. The van der Waals surface area contributed by atoms with Crippen LogP contribution in [0.1, 0.15) is 6.42 Å². The van der Waals surface area contributed by atoms with Gasteiger partial charge in [-0.3, -0.25) is 4.79 Å². The number of hydrogen-bond donors (Lipinski definition) is 1. The van der Waals surface area contributed by atoms with Gasteiger partial charge in [0.2, 0.25) is 5.91 Å². The molecule has 0 radical (unpaired) electrons. The molecule has 0 aromatic rings. The number of amides is 1. The molecule has 7 heteroatoms. The Morgan fingerprint density at radius 2 is 2.18 bits per heavy atom. The van der Waals surface area contributed by atoms with Crippen molar-refractivity contribution in [3.05, 3.63) is 0 Å². The number of ether oxygens (including phenoxy) is 1. The van der Waals surface area contributed by atoms with Crippen molar-refractivity contribution in [2.45, 2.75) is 12.6 Å². The van der Waals surface area contributed by atoms with Crippen molar-refractivity contribution in [3.8, 4) is 0 Å². The highest BCUT2D eigenvalue weighted by atomic mass is 19.4. The number of carbonyl (C=O) groups excluding carboxylic acids is 1. The zero-order valence-corrected chi connectivity index (χ0v) is 9.93. The minimum absolute atomic E-state index is 0.160. The maximum absolute atomic E-state index is 13.0. The average molecular weight is 254 g/mol. The molecular formula is C10H17F3N2O2. The van der Waals surface area contributed by atoms with Crippen molar-refractivity contribution in [3.63, 3.8) is 0 Å². The Kier molecular flexibility index (Phi) is 4.37. The second kappa shape index (κ2) is 5.22. The van der Waals surface area contributed by atoms with E-state index >= 15 is 0 Å². The summed E-state index contributed by atoms with van der Waals surface area (Å²) in [5.41, 5.74) is -2.27. The van der Waals surface area contributed by atoms with Gasteiger partial charge in [0.15, 0.2) is 5.41 Å². The van der Waals surface area contributed by atoms with E-state index in [2.05, 4.69) is 5.32 Å². The second-order valence-corrected chi connectivity index (χ2v) is 4.23. The highest BCUT2D eigenvalue weighted by Gasteiger charge is 2.62. The monoisotopic (exact) mass is 254 g/mol. The summed E-state index contributed by atoms with van der Waals surface area (Å²) in [4.78, 5) is 13.0. The fraction of sp³-hybridized carbons (Fsp3) is 0.900. The Labute approximate surface area is 98.1 Å². The molecule has 0 aromatic carbocycles. The summed E-state index contributed by atoms with van der Waals surface area (Å²) < 4.78 is 43.8. The fourth-order valence-corrected chi connectivity index (χ4v) is 1.93. The number of hydrogen-bond acceptors (Lipinski definition) is 3. The molecule has 0 aromatic heterocycles. The molecule has 1 fully saturated rings. The molecule has 1 atom stereocenters. The van der Waals surface area contributed by atoms with E-state index in [9.17, 15) is 18.0 Å². The van der Waals surface area contributed by atoms with Gasteiger partial charge in [0.25, 0.3) is 0 Å². The lowest BCUT2D eigenvalue weighted by molar-refractivity contribution is -0.221. The van der Waals surface area contributed by atoms with Gasteiger partial charge in [0, 0.05) is 27.2 Å². The van der Waals surface area contributed by atoms with E-state index in [1.807, 2.05) is 0 Å². The van der Waals surface area contributed by atoms with Crippen LogP contribution in [0.4, 0.5) is 13.2 Å². The molecule has 1 amide bonds. The highest BCUT2D eigenvalue weighted by Crippen LogP contribution is 2.44. The van der Waals surface area contributed by atoms with Crippen molar-refractivity contribution in [2.24, 2.45) is 5.41 Å². The van der Waals surface area contributed by atoms with Gasteiger partial charge < -0.3 is 15.0 Å². The first-order valence-corrected chi connectivity index (χ1v) is 5.37. The second-order valence-electron chi connectivity index (χ2n) is 4.23. The van der Waals surface area contributed by atoms with E-state index in [4.69, 9.17) is 4.74 Å². The highest BCUT2D eigenvalue weighted by molar-refractivity contribution is 5.84. The van der Waals surface area contributed by atoms with Crippen molar-refractivity contribution in [2.75, 3.05) is 40.4 Å². The predicted octanol–water partition coefficient (Wildman–Crippen LogP) is 0.633. The summed E-state index contributed by atoms with van der Waals surface area (Å²) in [6, 6.07) is 0. The van der Waals surface area contributed by atoms with Crippen molar-refractivity contribution in [1.29, 1.82) is 0 Å². The molecule has 0 bridgehead atoms. The predicted molar refractivity (Wildman–Crippen MR) is 55.5 cm³/mol. The van der Waals surface area contributed by atoms with Crippen LogP contribution in [-0.2, 0) is 9.53 Å². The lowest BCUT2D eigenvalue weighted by atomic mass is 9.84. The topological polar surface area (TPSA) is 41.6 Å². The lowest BCUT2D eigenvalue weighted by Gasteiger charge is -2.33. The minimum atomic E-state index is -4.52. The van der Waals surface area contributed by atoms with Gasteiger partial charge in [0.1, 0.15) is 0 Å². The van der Waals surface area contributed by atoms with Crippen molar-refractivity contribution < 1.29 is 22.7 Å². The summed E-state index contributed by atoms with van der Waals surface area (Å²) in [6.45, 7) is 0.257. The normalized spacial score (nSPS) is 25.0. The quantitative estimate of drug-likeness (QED) is 0.800. The van der Waals surface area contributed by atoms with Crippen molar-refractivity contribution >= 4 is 5.91 Å². The van der Waals surface area contributed by atoms with Gasteiger partial charge in [-0.1, -0.05) is 0 Å². The van der Waals surface area contributed by atoms with E-state index in [-0.39, 0.29) is 32.7 Å². The molecule has 1 aliphatic heterocycles. The van der Waals surface area contributed by atoms with E-state index in [1.165, 1.54) is 14.2 Å². The Morgan fingerprint density at radius 1 is 1.53 bits per heavy atom. The first-order valence-electron chi connectivity index (χ1n) is 5.37. The third-order valence-corrected chi connectivity index (χ3v) is 3.08. The molecule has 100 valence electrons. The van der Waals surface area contributed by atoms with Gasteiger partial charge in [0.05, 0.1) is 6.61 Å². The minimum Gasteiger partial charge on any atom is -0.383 e.